The Hall–Kier alpha value is -1.92. The molecule has 1 unspecified atom stereocenters. The van der Waals surface area contributed by atoms with Crippen LogP contribution in [0.15, 0.2) is 0 Å². The second-order valence-electron chi connectivity index (χ2n) is 8.40. The van der Waals surface area contributed by atoms with Gasteiger partial charge in [-0.15, -0.1) is 0 Å². The van der Waals surface area contributed by atoms with Crippen LogP contribution < -0.4 is 16.0 Å². The topological polar surface area (TPSA) is 104 Å². The van der Waals surface area contributed by atoms with Crippen LogP contribution >= 0.6 is 0 Å². The molecule has 154 valence electrons. The van der Waals surface area contributed by atoms with Crippen LogP contribution in [0.1, 0.15) is 85.5 Å². The van der Waals surface area contributed by atoms with E-state index in [0.717, 1.165) is 19.3 Å². The van der Waals surface area contributed by atoms with Crippen molar-refractivity contribution in [3.05, 3.63) is 0 Å². The van der Waals surface area contributed by atoms with E-state index in [2.05, 4.69) is 22.9 Å². The lowest BCUT2D eigenvalue weighted by Crippen LogP contribution is -2.59. The van der Waals surface area contributed by atoms with E-state index in [9.17, 15) is 19.2 Å². The molecule has 0 saturated carbocycles. The summed E-state index contributed by atoms with van der Waals surface area (Å²) in [5.41, 5.74) is -0.498. The summed E-state index contributed by atoms with van der Waals surface area (Å²) in [5.74, 6) is -1.37. The third-order valence-electron chi connectivity index (χ3n) is 4.75. The summed E-state index contributed by atoms with van der Waals surface area (Å²) < 4.78 is 0. The van der Waals surface area contributed by atoms with Crippen molar-refractivity contribution < 1.29 is 19.2 Å². The van der Waals surface area contributed by atoms with Gasteiger partial charge in [0.15, 0.2) is 0 Å². The molecule has 0 radical (unpaired) electrons. The molecule has 1 rings (SSSR count). The Morgan fingerprint density at radius 3 is 2.33 bits per heavy atom. The molecule has 0 spiro atoms. The van der Waals surface area contributed by atoms with E-state index >= 15 is 0 Å². The van der Waals surface area contributed by atoms with Gasteiger partial charge in [-0.25, -0.2) is 0 Å². The summed E-state index contributed by atoms with van der Waals surface area (Å²) in [4.78, 5) is 48.0. The fourth-order valence-corrected chi connectivity index (χ4v) is 3.06. The molecule has 1 heterocycles. The first-order chi connectivity index (χ1) is 12.6. The monoisotopic (exact) mass is 381 g/mol. The molecule has 0 aromatic rings. The van der Waals surface area contributed by atoms with Gasteiger partial charge in [-0.3, -0.25) is 24.5 Å². The minimum Gasteiger partial charge on any atom is -0.344 e. The van der Waals surface area contributed by atoms with Crippen LogP contribution in [0.5, 0.6) is 0 Å². The number of carbonyl (C=O) groups is 4. The van der Waals surface area contributed by atoms with E-state index < -0.39 is 29.3 Å². The van der Waals surface area contributed by atoms with Crippen molar-refractivity contribution in [3.8, 4) is 0 Å². The molecule has 0 aromatic carbocycles. The third-order valence-corrected chi connectivity index (χ3v) is 4.75. The van der Waals surface area contributed by atoms with E-state index in [1.165, 1.54) is 19.3 Å². The largest absolute Gasteiger partial charge is 0.344 e. The molecule has 1 aliphatic rings. The number of amides is 4. The number of hydrogen-bond acceptors (Lipinski definition) is 4. The first kappa shape index (κ1) is 23.1. The first-order valence-corrected chi connectivity index (χ1v) is 10.1. The van der Waals surface area contributed by atoms with Gasteiger partial charge < -0.3 is 10.6 Å². The van der Waals surface area contributed by atoms with E-state index in [1.54, 1.807) is 0 Å². The number of rotatable bonds is 10. The predicted molar refractivity (Wildman–Crippen MR) is 104 cm³/mol. The van der Waals surface area contributed by atoms with Crippen LogP contribution in [0.4, 0.5) is 0 Å². The molecule has 1 saturated heterocycles. The lowest BCUT2D eigenvalue weighted by molar-refractivity contribution is -0.138. The lowest BCUT2D eigenvalue weighted by atomic mass is 9.85. The lowest BCUT2D eigenvalue weighted by Gasteiger charge is -2.32. The summed E-state index contributed by atoms with van der Waals surface area (Å²) in [5, 5.41) is 7.72. The molecular weight excluding hydrogens is 346 g/mol. The zero-order valence-corrected chi connectivity index (χ0v) is 17.2. The van der Waals surface area contributed by atoms with Gasteiger partial charge in [-0.2, -0.15) is 0 Å². The Morgan fingerprint density at radius 1 is 1.11 bits per heavy atom. The highest BCUT2D eigenvalue weighted by Gasteiger charge is 2.36. The highest BCUT2D eigenvalue weighted by Crippen LogP contribution is 2.20. The average molecular weight is 382 g/mol. The van der Waals surface area contributed by atoms with Gasteiger partial charge in [0.2, 0.25) is 23.6 Å². The Kier molecular flexibility index (Phi) is 9.46. The minimum atomic E-state index is -0.740. The molecule has 4 amide bonds. The second-order valence-corrected chi connectivity index (χ2v) is 8.40. The molecule has 0 aliphatic carbocycles. The van der Waals surface area contributed by atoms with E-state index in [1.807, 2.05) is 20.8 Å². The molecule has 1 fully saturated rings. The predicted octanol–water partition coefficient (Wildman–Crippen LogP) is 2.19. The SMILES string of the molecule is CCCCCCCCC(=O)N[C@H](C(=O)NC1CCC(=O)NC1=O)C(C)(C)C. The number of nitrogens with one attached hydrogen (secondary N) is 3. The molecule has 0 bridgehead atoms. The molecule has 1 aliphatic heterocycles. The van der Waals surface area contributed by atoms with Crippen LogP contribution in [-0.4, -0.2) is 35.7 Å². The van der Waals surface area contributed by atoms with Gasteiger partial charge in [0.05, 0.1) is 0 Å². The van der Waals surface area contributed by atoms with E-state index in [4.69, 9.17) is 0 Å². The van der Waals surface area contributed by atoms with Crippen molar-refractivity contribution in [2.75, 3.05) is 0 Å². The maximum atomic E-state index is 12.7. The van der Waals surface area contributed by atoms with Gasteiger partial charge in [-0.1, -0.05) is 59.8 Å². The Morgan fingerprint density at radius 2 is 1.74 bits per heavy atom. The van der Waals surface area contributed by atoms with Crippen molar-refractivity contribution in [3.63, 3.8) is 0 Å². The number of imide groups is 1. The van der Waals surface area contributed by atoms with Crippen molar-refractivity contribution in [2.24, 2.45) is 5.41 Å². The summed E-state index contributed by atoms with van der Waals surface area (Å²) in [6.07, 6.45) is 7.41. The Labute approximate surface area is 162 Å². The smallest absolute Gasteiger partial charge is 0.249 e. The molecule has 27 heavy (non-hydrogen) atoms. The molecule has 2 atom stereocenters. The standard InChI is InChI=1S/C20H35N3O4/c1-5-6-7-8-9-10-11-15(24)22-17(20(2,3)4)19(27)21-14-12-13-16(25)23-18(14)26/h14,17H,5-13H2,1-4H3,(H,21,27)(H,22,24)(H,23,25,26)/t14?,17-/m1/s1. The first-order valence-electron chi connectivity index (χ1n) is 10.1. The van der Waals surface area contributed by atoms with Gasteiger partial charge in [0, 0.05) is 12.8 Å². The zero-order valence-electron chi connectivity index (χ0n) is 17.2. The highest BCUT2D eigenvalue weighted by molar-refractivity contribution is 6.02. The van der Waals surface area contributed by atoms with E-state index in [-0.39, 0.29) is 24.7 Å². The molecular formula is C20H35N3O4. The maximum absolute atomic E-state index is 12.7. The summed E-state index contributed by atoms with van der Waals surface area (Å²) in [6, 6.07) is -1.48. The number of unbranched alkanes of at least 4 members (excludes halogenated alkanes) is 5. The van der Waals surface area contributed by atoms with Gasteiger partial charge in [0.25, 0.3) is 0 Å². The number of carbonyl (C=O) groups excluding carboxylic acids is 4. The average Bonchev–Trinajstić information content (AvgIpc) is 2.57. The van der Waals surface area contributed by atoms with Gasteiger partial charge in [-0.05, 0) is 18.3 Å². The number of piperidine rings is 1. The molecule has 7 nitrogen and oxygen atoms in total. The van der Waals surface area contributed by atoms with Crippen LogP contribution in [0.2, 0.25) is 0 Å². The fraction of sp³-hybridized carbons (Fsp3) is 0.800. The summed E-state index contributed by atoms with van der Waals surface area (Å²) in [7, 11) is 0. The Balaban J connectivity index is 2.52. The zero-order chi connectivity index (χ0) is 20.4. The second kappa shape index (κ2) is 11.0. The molecule has 0 aromatic heterocycles. The van der Waals surface area contributed by atoms with Crippen molar-refractivity contribution in [1.29, 1.82) is 0 Å². The van der Waals surface area contributed by atoms with Crippen LogP contribution in [0.3, 0.4) is 0 Å². The van der Waals surface area contributed by atoms with Crippen molar-refractivity contribution in [2.45, 2.75) is 97.6 Å². The minimum absolute atomic E-state index is 0.149. The Bertz CT molecular complexity index is 540. The van der Waals surface area contributed by atoms with E-state index in [0.29, 0.717) is 6.42 Å². The van der Waals surface area contributed by atoms with Crippen LogP contribution in [0, 0.1) is 5.41 Å². The normalized spacial score (nSPS) is 18.6. The van der Waals surface area contributed by atoms with Crippen LogP contribution in [-0.2, 0) is 19.2 Å². The van der Waals surface area contributed by atoms with Crippen molar-refractivity contribution in [1.82, 2.24) is 16.0 Å². The summed E-state index contributed by atoms with van der Waals surface area (Å²) >= 11 is 0. The third kappa shape index (κ3) is 8.54. The summed E-state index contributed by atoms with van der Waals surface area (Å²) in [6.45, 7) is 7.77. The van der Waals surface area contributed by atoms with Crippen LogP contribution in [0.25, 0.3) is 0 Å². The quantitative estimate of drug-likeness (QED) is 0.398. The fourth-order valence-electron chi connectivity index (χ4n) is 3.06. The van der Waals surface area contributed by atoms with Crippen molar-refractivity contribution >= 4 is 23.6 Å². The van der Waals surface area contributed by atoms with Gasteiger partial charge >= 0.3 is 0 Å². The molecule has 3 N–H and O–H groups in total. The van der Waals surface area contributed by atoms with Gasteiger partial charge in [0.1, 0.15) is 12.1 Å². The maximum Gasteiger partial charge on any atom is 0.249 e. The highest BCUT2D eigenvalue weighted by atomic mass is 16.2. The number of hydrogen-bond donors (Lipinski definition) is 3. The molecule has 7 heteroatoms.